The van der Waals surface area contributed by atoms with E-state index in [0.717, 1.165) is 14.0 Å². The van der Waals surface area contributed by atoms with Crippen LogP contribution in [0.1, 0.15) is 6.92 Å². The Hall–Kier alpha value is -0.520. The fourth-order valence-corrected chi connectivity index (χ4v) is 1.45. The lowest BCUT2D eigenvalue weighted by Gasteiger charge is -2.23. The molecule has 84 valence electrons. The largest absolute Gasteiger partial charge is 0.432 e. The molecule has 0 heterocycles. The van der Waals surface area contributed by atoms with E-state index in [1.807, 2.05) is 0 Å². The van der Waals surface area contributed by atoms with Crippen LogP contribution in [0.2, 0.25) is 0 Å². The van der Waals surface area contributed by atoms with E-state index in [4.69, 9.17) is 0 Å². The number of nitrogens with one attached hydrogen (secondary N) is 1. The fourth-order valence-electron chi connectivity index (χ4n) is 0.482. The number of rotatable bonds is 1. The summed E-state index contributed by atoms with van der Waals surface area (Å²) in [4.78, 5) is 3.18. The molecular formula is C5H7F6N2P. The molecule has 0 aliphatic carbocycles. The van der Waals surface area contributed by atoms with Crippen molar-refractivity contribution in [3.8, 4) is 0 Å². The Morgan fingerprint density at radius 3 is 1.64 bits per heavy atom. The molecule has 0 unspecified atom stereocenters. The molecule has 0 aromatic rings. The van der Waals surface area contributed by atoms with Crippen molar-refractivity contribution in [2.75, 3.05) is 7.05 Å². The highest BCUT2D eigenvalue weighted by atomic mass is 31.1. The van der Waals surface area contributed by atoms with Crippen LogP contribution < -0.4 is 5.09 Å². The molecule has 0 atom stereocenters. The number of amidine groups is 1. The number of halogens is 6. The van der Waals surface area contributed by atoms with Crippen LogP contribution in [0.5, 0.6) is 0 Å². The van der Waals surface area contributed by atoms with Gasteiger partial charge in [0.05, 0.1) is 5.84 Å². The molecule has 0 rings (SSSR count). The van der Waals surface area contributed by atoms with Gasteiger partial charge in [-0.25, -0.2) is 0 Å². The van der Waals surface area contributed by atoms with E-state index >= 15 is 0 Å². The van der Waals surface area contributed by atoms with Crippen molar-refractivity contribution in [2.45, 2.75) is 18.8 Å². The van der Waals surface area contributed by atoms with Crippen molar-refractivity contribution >= 4 is 13.9 Å². The SMILES string of the molecule is CN=C(C)NP(C(F)(F)F)C(F)(F)F. The van der Waals surface area contributed by atoms with Gasteiger partial charge in [0.25, 0.3) is 0 Å². The van der Waals surface area contributed by atoms with E-state index in [2.05, 4.69) is 4.99 Å². The average molecular weight is 240 g/mol. The second-order valence-corrected chi connectivity index (χ2v) is 4.10. The van der Waals surface area contributed by atoms with Crippen LogP contribution in [0.3, 0.4) is 0 Å². The molecule has 1 N–H and O–H groups in total. The Bertz CT molecular complexity index is 205. The summed E-state index contributed by atoms with van der Waals surface area (Å²) < 4.78 is 71.4. The molecule has 0 aliphatic heterocycles. The first-order valence-electron chi connectivity index (χ1n) is 3.23. The Labute approximate surface area is 77.2 Å². The molecule has 0 aromatic heterocycles. The molecule has 2 nitrogen and oxygen atoms in total. The van der Waals surface area contributed by atoms with E-state index in [-0.39, 0.29) is 0 Å². The van der Waals surface area contributed by atoms with Crippen molar-refractivity contribution in [1.29, 1.82) is 0 Å². The highest BCUT2D eigenvalue weighted by Crippen LogP contribution is 2.61. The van der Waals surface area contributed by atoms with Gasteiger partial charge in [0.1, 0.15) is 0 Å². The van der Waals surface area contributed by atoms with Crippen molar-refractivity contribution in [3.05, 3.63) is 0 Å². The number of nitrogens with zero attached hydrogens (tertiary/aromatic N) is 1. The smallest absolute Gasteiger partial charge is 0.339 e. The molecule has 9 heteroatoms. The van der Waals surface area contributed by atoms with Crippen LogP contribution in [-0.2, 0) is 0 Å². The van der Waals surface area contributed by atoms with Gasteiger partial charge >= 0.3 is 11.8 Å². The summed E-state index contributed by atoms with van der Waals surface area (Å²) in [5.41, 5.74) is 0. The first-order chi connectivity index (χ1) is 6.09. The Balaban J connectivity index is 4.77. The van der Waals surface area contributed by atoms with Gasteiger partial charge in [-0.3, -0.25) is 4.99 Å². The van der Waals surface area contributed by atoms with Crippen LogP contribution in [0.15, 0.2) is 4.99 Å². The quantitative estimate of drug-likeness (QED) is 0.324. The zero-order valence-corrected chi connectivity index (χ0v) is 8.06. The van der Waals surface area contributed by atoms with Gasteiger partial charge in [-0.1, -0.05) is 0 Å². The minimum absolute atomic E-state index is 0.397. The monoisotopic (exact) mass is 240 g/mol. The zero-order chi connectivity index (χ0) is 11.6. The van der Waals surface area contributed by atoms with Crippen LogP contribution in [0.4, 0.5) is 26.3 Å². The van der Waals surface area contributed by atoms with E-state index in [0.29, 0.717) is 0 Å². The van der Waals surface area contributed by atoms with Crippen molar-refractivity contribution in [2.24, 2.45) is 4.99 Å². The summed E-state index contributed by atoms with van der Waals surface area (Å²) in [7, 11) is -3.17. The third kappa shape index (κ3) is 4.13. The highest BCUT2D eigenvalue weighted by molar-refractivity contribution is 7.58. The second-order valence-electron chi connectivity index (χ2n) is 2.19. The van der Waals surface area contributed by atoms with E-state index in [9.17, 15) is 26.3 Å². The van der Waals surface area contributed by atoms with Crippen LogP contribution >= 0.6 is 8.07 Å². The van der Waals surface area contributed by atoms with Crippen LogP contribution in [0.25, 0.3) is 0 Å². The van der Waals surface area contributed by atoms with Gasteiger partial charge in [0.15, 0.2) is 0 Å². The first kappa shape index (κ1) is 13.5. The van der Waals surface area contributed by atoms with Crippen LogP contribution in [0, 0.1) is 0 Å². The van der Waals surface area contributed by atoms with E-state index < -0.39 is 25.7 Å². The molecule has 0 amide bonds. The molecule has 0 saturated carbocycles. The maximum Gasteiger partial charge on any atom is 0.432 e. The first-order valence-corrected chi connectivity index (χ1v) is 4.57. The normalized spacial score (nSPS) is 14.8. The van der Waals surface area contributed by atoms with Crippen molar-refractivity contribution in [3.63, 3.8) is 0 Å². The Kier molecular flexibility index (Phi) is 4.17. The third-order valence-electron chi connectivity index (χ3n) is 1.12. The summed E-state index contributed by atoms with van der Waals surface area (Å²) >= 11 is 0. The van der Waals surface area contributed by atoms with E-state index in [1.165, 1.54) is 5.09 Å². The van der Waals surface area contributed by atoms with Gasteiger partial charge in [-0.05, 0) is 6.92 Å². The predicted molar refractivity (Wildman–Crippen MR) is 41.2 cm³/mol. The summed E-state index contributed by atoms with van der Waals surface area (Å²) in [6, 6.07) is 0. The molecule has 0 spiro atoms. The molecule has 0 aromatic carbocycles. The molecular weight excluding hydrogens is 233 g/mol. The lowest BCUT2D eigenvalue weighted by atomic mass is 10.7. The third-order valence-corrected chi connectivity index (χ3v) is 2.68. The van der Waals surface area contributed by atoms with Crippen molar-refractivity contribution in [1.82, 2.24) is 5.09 Å². The molecule has 14 heavy (non-hydrogen) atoms. The van der Waals surface area contributed by atoms with Gasteiger partial charge in [0, 0.05) is 7.05 Å². The molecule has 0 fully saturated rings. The lowest BCUT2D eigenvalue weighted by Crippen LogP contribution is -2.30. The predicted octanol–water partition coefficient (Wildman–Crippen LogP) is 3.06. The topological polar surface area (TPSA) is 24.4 Å². The number of hydrogen-bond donors (Lipinski definition) is 1. The van der Waals surface area contributed by atoms with Crippen molar-refractivity contribution < 1.29 is 26.3 Å². The molecule has 0 radical (unpaired) electrons. The Morgan fingerprint density at radius 2 is 1.43 bits per heavy atom. The van der Waals surface area contributed by atoms with Gasteiger partial charge < -0.3 is 5.09 Å². The summed E-state index contributed by atoms with van der Waals surface area (Å²) in [6.45, 7) is 1.03. The van der Waals surface area contributed by atoms with Gasteiger partial charge in [-0.2, -0.15) is 26.3 Å². The highest BCUT2D eigenvalue weighted by Gasteiger charge is 2.57. The lowest BCUT2D eigenvalue weighted by molar-refractivity contribution is -0.0844. The fraction of sp³-hybridized carbons (Fsp3) is 0.800. The summed E-state index contributed by atoms with van der Waals surface area (Å²) in [5, 5.41) is 1.31. The Morgan fingerprint density at radius 1 is 1.07 bits per heavy atom. The molecule has 0 saturated heterocycles. The maximum atomic E-state index is 11.9. The molecule has 0 bridgehead atoms. The van der Waals surface area contributed by atoms with E-state index in [1.54, 1.807) is 0 Å². The zero-order valence-electron chi connectivity index (χ0n) is 7.16. The molecule has 0 aliphatic rings. The van der Waals surface area contributed by atoms with Gasteiger partial charge in [-0.15, -0.1) is 0 Å². The number of alkyl halides is 6. The summed E-state index contributed by atoms with van der Waals surface area (Å²) in [6.07, 6.45) is 0. The minimum Gasteiger partial charge on any atom is -0.339 e. The summed E-state index contributed by atoms with van der Waals surface area (Å²) in [5.74, 6) is -11.0. The van der Waals surface area contributed by atoms with Crippen LogP contribution in [-0.4, -0.2) is 24.7 Å². The standard InChI is InChI=1S/C5H7F6N2P/c1-3(12-2)13-14(4(6,7)8)5(9,10)11/h1-2H3,(H,12,13). The number of aliphatic imine (C=N–C) groups is 1. The van der Waals surface area contributed by atoms with Gasteiger partial charge in [0.2, 0.25) is 8.07 Å². The maximum absolute atomic E-state index is 11.9. The second kappa shape index (κ2) is 4.33. The average Bonchev–Trinajstić information content (AvgIpc) is 1.95. The number of hydrogen-bond acceptors (Lipinski definition) is 1. The minimum atomic E-state index is -5.32.